The minimum atomic E-state index is -0.175. The lowest BCUT2D eigenvalue weighted by molar-refractivity contribution is 0.0890. The second kappa shape index (κ2) is 5.95. The summed E-state index contributed by atoms with van der Waals surface area (Å²) in [7, 11) is 0. The number of hydrogen-bond donors (Lipinski definition) is 2. The van der Waals surface area contributed by atoms with Crippen molar-refractivity contribution in [2.24, 2.45) is 5.92 Å². The minimum absolute atomic E-state index is 0.0519. The Balaban J connectivity index is 1.63. The zero-order valence-electron chi connectivity index (χ0n) is 11.7. The molecule has 0 radical (unpaired) electrons. The molecule has 1 amide bonds. The Morgan fingerprint density at radius 3 is 2.85 bits per heavy atom. The minimum Gasteiger partial charge on any atom is -0.396 e. The summed E-state index contributed by atoms with van der Waals surface area (Å²) in [5, 5.41) is 16.4. The lowest BCUT2D eigenvalue weighted by Crippen LogP contribution is -2.41. The number of carbonyl (C=O) groups excluding carboxylic acids is 1. The standard InChI is InChI=1S/C15H22N2O3/c18-9-11-4-2-1-3-5-12(11)16-15(19)13-8-14(20-17-13)10-6-7-10/h8,10-12,18H,1-7,9H2,(H,16,19)/t11-,12-/m1/s1. The molecule has 0 bridgehead atoms. The van der Waals surface area contributed by atoms with E-state index in [1.165, 1.54) is 6.42 Å². The molecule has 0 saturated heterocycles. The van der Waals surface area contributed by atoms with Gasteiger partial charge in [0.05, 0.1) is 0 Å². The zero-order chi connectivity index (χ0) is 13.9. The van der Waals surface area contributed by atoms with E-state index in [1.54, 1.807) is 6.07 Å². The molecule has 5 nitrogen and oxygen atoms in total. The Bertz CT molecular complexity index is 467. The predicted molar refractivity (Wildman–Crippen MR) is 73.4 cm³/mol. The lowest BCUT2D eigenvalue weighted by Gasteiger charge is -2.23. The van der Waals surface area contributed by atoms with E-state index in [0.717, 1.165) is 44.3 Å². The third-order valence-electron chi connectivity index (χ3n) is 4.45. The fourth-order valence-corrected chi connectivity index (χ4v) is 2.99. The largest absolute Gasteiger partial charge is 0.396 e. The Labute approximate surface area is 118 Å². The molecule has 0 aromatic carbocycles. The van der Waals surface area contributed by atoms with Gasteiger partial charge in [-0.25, -0.2) is 0 Å². The van der Waals surface area contributed by atoms with E-state index in [9.17, 15) is 9.90 Å². The Kier molecular flexibility index (Phi) is 4.05. The maximum atomic E-state index is 12.2. The van der Waals surface area contributed by atoms with Crippen molar-refractivity contribution in [3.8, 4) is 0 Å². The van der Waals surface area contributed by atoms with Crippen LogP contribution in [0.25, 0.3) is 0 Å². The van der Waals surface area contributed by atoms with Gasteiger partial charge in [0, 0.05) is 30.6 Å². The normalized spacial score (nSPS) is 27.1. The molecule has 1 aromatic rings. The molecule has 0 aliphatic heterocycles. The van der Waals surface area contributed by atoms with E-state index in [1.807, 2.05) is 0 Å². The van der Waals surface area contributed by atoms with Crippen molar-refractivity contribution in [3.63, 3.8) is 0 Å². The van der Waals surface area contributed by atoms with Gasteiger partial charge in [-0.3, -0.25) is 4.79 Å². The van der Waals surface area contributed by atoms with Crippen LogP contribution in [0.4, 0.5) is 0 Å². The van der Waals surface area contributed by atoms with Gasteiger partial charge >= 0.3 is 0 Å². The van der Waals surface area contributed by atoms with Crippen LogP contribution < -0.4 is 5.32 Å². The fourth-order valence-electron chi connectivity index (χ4n) is 2.99. The Hall–Kier alpha value is -1.36. The second-order valence-electron chi connectivity index (χ2n) is 6.05. The van der Waals surface area contributed by atoms with Crippen molar-refractivity contribution in [1.29, 1.82) is 0 Å². The van der Waals surface area contributed by atoms with Crippen molar-refractivity contribution >= 4 is 5.91 Å². The quantitative estimate of drug-likeness (QED) is 0.828. The van der Waals surface area contributed by atoms with Crippen LogP contribution in [-0.2, 0) is 0 Å². The predicted octanol–water partition coefficient (Wildman–Crippen LogP) is 2.22. The zero-order valence-corrected chi connectivity index (χ0v) is 11.7. The van der Waals surface area contributed by atoms with E-state index >= 15 is 0 Å². The molecule has 2 N–H and O–H groups in total. The number of nitrogens with zero attached hydrogens (tertiary/aromatic N) is 1. The first-order valence-electron chi connectivity index (χ1n) is 7.66. The van der Waals surface area contributed by atoms with E-state index in [2.05, 4.69) is 10.5 Å². The molecule has 1 heterocycles. The Morgan fingerprint density at radius 2 is 2.10 bits per heavy atom. The average molecular weight is 278 g/mol. The van der Waals surface area contributed by atoms with Crippen molar-refractivity contribution in [2.45, 2.75) is 56.9 Å². The molecular formula is C15H22N2O3. The molecule has 2 fully saturated rings. The van der Waals surface area contributed by atoms with Gasteiger partial charge in [-0.05, 0) is 25.7 Å². The van der Waals surface area contributed by atoms with Crippen LogP contribution >= 0.6 is 0 Å². The highest BCUT2D eigenvalue weighted by Gasteiger charge is 2.30. The third kappa shape index (κ3) is 3.03. The van der Waals surface area contributed by atoms with Crippen LogP contribution in [0.5, 0.6) is 0 Å². The van der Waals surface area contributed by atoms with Gasteiger partial charge in [-0.15, -0.1) is 0 Å². The van der Waals surface area contributed by atoms with Crippen molar-refractivity contribution < 1.29 is 14.4 Å². The van der Waals surface area contributed by atoms with Crippen LogP contribution in [0.15, 0.2) is 10.6 Å². The van der Waals surface area contributed by atoms with Gasteiger partial charge in [0.2, 0.25) is 0 Å². The molecule has 20 heavy (non-hydrogen) atoms. The van der Waals surface area contributed by atoms with E-state index in [0.29, 0.717) is 11.6 Å². The first kappa shape index (κ1) is 13.6. The molecule has 0 spiro atoms. The van der Waals surface area contributed by atoms with Crippen molar-refractivity contribution in [1.82, 2.24) is 10.5 Å². The van der Waals surface area contributed by atoms with E-state index in [-0.39, 0.29) is 24.5 Å². The number of rotatable bonds is 4. The maximum Gasteiger partial charge on any atom is 0.273 e. The van der Waals surface area contributed by atoms with Crippen LogP contribution in [0.3, 0.4) is 0 Å². The molecule has 2 atom stereocenters. The Morgan fingerprint density at radius 1 is 1.30 bits per heavy atom. The topological polar surface area (TPSA) is 75.4 Å². The number of hydrogen-bond acceptors (Lipinski definition) is 4. The molecular weight excluding hydrogens is 256 g/mol. The summed E-state index contributed by atoms with van der Waals surface area (Å²) in [5.41, 5.74) is 0.368. The smallest absolute Gasteiger partial charge is 0.273 e. The summed E-state index contributed by atoms with van der Waals surface area (Å²) in [4.78, 5) is 12.2. The van der Waals surface area contributed by atoms with Crippen LogP contribution in [0, 0.1) is 5.92 Å². The second-order valence-corrected chi connectivity index (χ2v) is 6.05. The number of amides is 1. The monoisotopic (exact) mass is 278 g/mol. The SMILES string of the molecule is O=C(N[C@@H]1CCCCC[C@@H]1CO)c1cc(C2CC2)on1. The van der Waals surface area contributed by atoms with E-state index in [4.69, 9.17) is 4.52 Å². The summed E-state index contributed by atoms with van der Waals surface area (Å²) in [5.74, 6) is 1.28. The molecule has 0 unspecified atom stereocenters. The van der Waals surface area contributed by atoms with Crippen LogP contribution in [0.1, 0.15) is 67.1 Å². The van der Waals surface area contributed by atoms with E-state index < -0.39 is 0 Å². The third-order valence-corrected chi connectivity index (χ3v) is 4.45. The highest BCUT2D eigenvalue weighted by Crippen LogP contribution is 2.40. The van der Waals surface area contributed by atoms with Gasteiger partial charge in [-0.2, -0.15) is 0 Å². The molecule has 110 valence electrons. The number of carbonyl (C=O) groups is 1. The highest BCUT2D eigenvalue weighted by molar-refractivity contribution is 5.92. The van der Waals surface area contributed by atoms with Crippen LogP contribution in [0.2, 0.25) is 0 Å². The molecule has 5 heteroatoms. The lowest BCUT2D eigenvalue weighted by atomic mass is 9.95. The summed E-state index contributed by atoms with van der Waals surface area (Å²) >= 11 is 0. The van der Waals surface area contributed by atoms with Gasteiger partial charge in [-0.1, -0.05) is 24.4 Å². The number of aliphatic hydroxyl groups is 1. The molecule has 2 aliphatic rings. The van der Waals surface area contributed by atoms with Gasteiger partial charge in [0.15, 0.2) is 5.69 Å². The summed E-state index contributed by atoms with van der Waals surface area (Å²) in [6.07, 6.45) is 7.59. The first-order valence-corrected chi connectivity index (χ1v) is 7.66. The fraction of sp³-hybridized carbons (Fsp3) is 0.733. The van der Waals surface area contributed by atoms with Crippen molar-refractivity contribution in [3.05, 3.63) is 17.5 Å². The molecule has 2 aliphatic carbocycles. The average Bonchev–Trinajstić information content (AvgIpc) is 3.23. The van der Waals surface area contributed by atoms with Gasteiger partial charge in [0.25, 0.3) is 5.91 Å². The first-order chi connectivity index (χ1) is 9.78. The van der Waals surface area contributed by atoms with Crippen molar-refractivity contribution in [2.75, 3.05) is 6.61 Å². The molecule has 1 aromatic heterocycles. The molecule has 2 saturated carbocycles. The summed E-state index contributed by atoms with van der Waals surface area (Å²) in [6.45, 7) is 0.136. The highest BCUT2D eigenvalue weighted by atomic mass is 16.5. The molecule has 3 rings (SSSR count). The van der Waals surface area contributed by atoms with Gasteiger partial charge in [0.1, 0.15) is 5.76 Å². The van der Waals surface area contributed by atoms with Crippen LogP contribution in [-0.4, -0.2) is 28.8 Å². The number of nitrogens with one attached hydrogen (secondary N) is 1. The number of aliphatic hydroxyl groups excluding tert-OH is 1. The number of aromatic nitrogens is 1. The van der Waals surface area contributed by atoms with Gasteiger partial charge < -0.3 is 14.9 Å². The summed E-state index contributed by atoms with van der Waals surface area (Å²) in [6, 6.07) is 1.81. The maximum absolute atomic E-state index is 12.2. The summed E-state index contributed by atoms with van der Waals surface area (Å²) < 4.78 is 5.22.